The molecule has 17 heavy (non-hydrogen) atoms. The lowest BCUT2D eigenvalue weighted by molar-refractivity contribution is -0.0589. The van der Waals surface area contributed by atoms with Crippen molar-refractivity contribution < 1.29 is 9.15 Å². The Bertz CT molecular complexity index is 520. The fourth-order valence-corrected chi connectivity index (χ4v) is 1.99. The molecule has 90 valence electrons. The molecule has 0 bridgehead atoms. The molecular formula is C12H15N3O2. The van der Waals surface area contributed by atoms with Gasteiger partial charge in [-0.25, -0.2) is 4.98 Å². The molecule has 0 radical (unpaired) electrons. The molecular weight excluding hydrogens is 218 g/mol. The van der Waals surface area contributed by atoms with E-state index in [1.165, 1.54) is 0 Å². The number of hydrogen-bond acceptors (Lipinski definition) is 4. The summed E-state index contributed by atoms with van der Waals surface area (Å²) >= 11 is 0. The molecule has 1 fully saturated rings. The Kier molecular flexibility index (Phi) is 2.31. The second-order valence-corrected chi connectivity index (χ2v) is 4.53. The molecule has 5 nitrogen and oxygen atoms in total. The molecule has 0 amide bonds. The SMILES string of the molecule is Cc1ccc(-c2cnc(C3(CN)COC3)[nH]2)o1. The van der Waals surface area contributed by atoms with Crippen molar-refractivity contribution in [1.82, 2.24) is 9.97 Å². The van der Waals surface area contributed by atoms with E-state index < -0.39 is 0 Å². The predicted octanol–water partition coefficient (Wildman–Crippen LogP) is 1.20. The van der Waals surface area contributed by atoms with Gasteiger partial charge in [-0.3, -0.25) is 0 Å². The van der Waals surface area contributed by atoms with Crippen LogP contribution < -0.4 is 5.73 Å². The van der Waals surface area contributed by atoms with Crippen molar-refractivity contribution in [3.63, 3.8) is 0 Å². The van der Waals surface area contributed by atoms with Crippen molar-refractivity contribution in [2.24, 2.45) is 5.73 Å². The second kappa shape index (κ2) is 3.72. The lowest BCUT2D eigenvalue weighted by Gasteiger charge is -2.38. The first-order valence-corrected chi connectivity index (χ1v) is 5.64. The largest absolute Gasteiger partial charge is 0.460 e. The van der Waals surface area contributed by atoms with Crippen molar-refractivity contribution in [3.05, 3.63) is 29.9 Å². The van der Waals surface area contributed by atoms with E-state index in [0.29, 0.717) is 19.8 Å². The summed E-state index contributed by atoms with van der Waals surface area (Å²) in [5.74, 6) is 2.57. The Morgan fingerprint density at radius 2 is 2.29 bits per heavy atom. The maximum atomic E-state index is 5.79. The Hall–Kier alpha value is -1.59. The molecule has 1 aliphatic rings. The van der Waals surface area contributed by atoms with Crippen LogP contribution in [-0.4, -0.2) is 29.7 Å². The van der Waals surface area contributed by atoms with Crippen LogP contribution in [0.2, 0.25) is 0 Å². The number of aromatic nitrogens is 2. The smallest absolute Gasteiger partial charge is 0.152 e. The quantitative estimate of drug-likeness (QED) is 0.835. The van der Waals surface area contributed by atoms with Crippen LogP contribution in [0.5, 0.6) is 0 Å². The zero-order valence-corrected chi connectivity index (χ0v) is 9.69. The van der Waals surface area contributed by atoms with Crippen LogP contribution in [0.4, 0.5) is 0 Å². The fraction of sp³-hybridized carbons (Fsp3) is 0.417. The summed E-state index contributed by atoms with van der Waals surface area (Å²) in [4.78, 5) is 7.66. The summed E-state index contributed by atoms with van der Waals surface area (Å²) in [6.07, 6.45) is 1.78. The predicted molar refractivity (Wildman–Crippen MR) is 62.6 cm³/mol. The fourth-order valence-electron chi connectivity index (χ4n) is 1.99. The number of furan rings is 1. The number of imidazole rings is 1. The van der Waals surface area contributed by atoms with Crippen LogP contribution in [-0.2, 0) is 10.2 Å². The van der Waals surface area contributed by atoms with Gasteiger partial charge in [-0.2, -0.15) is 0 Å². The van der Waals surface area contributed by atoms with Crippen molar-refractivity contribution in [3.8, 4) is 11.5 Å². The third-order valence-corrected chi connectivity index (χ3v) is 3.23. The van der Waals surface area contributed by atoms with Crippen LogP contribution in [0.1, 0.15) is 11.6 Å². The molecule has 2 aromatic heterocycles. The van der Waals surface area contributed by atoms with Gasteiger partial charge in [0.25, 0.3) is 0 Å². The lowest BCUT2D eigenvalue weighted by Crippen LogP contribution is -2.52. The van der Waals surface area contributed by atoms with E-state index in [0.717, 1.165) is 23.0 Å². The van der Waals surface area contributed by atoms with E-state index in [9.17, 15) is 0 Å². The number of aromatic amines is 1. The minimum atomic E-state index is -0.139. The number of hydrogen-bond donors (Lipinski definition) is 2. The molecule has 1 aliphatic heterocycles. The molecule has 0 aromatic carbocycles. The van der Waals surface area contributed by atoms with Crippen LogP contribution in [0.15, 0.2) is 22.7 Å². The summed E-state index contributed by atoms with van der Waals surface area (Å²) in [5, 5.41) is 0. The molecule has 1 saturated heterocycles. The summed E-state index contributed by atoms with van der Waals surface area (Å²) < 4.78 is 10.8. The Morgan fingerprint density at radius 1 is 1.47 bits per heavy atom. The first kappa shape index (κ1) is 10.6. The maximum Gasteiger partial charge on any atom is 0.152 e. The number of rotatable bonds is 3. The average molecular weight is 233 g/mol. The third-order valence-electron chi connectivity index (χ3n) is 3.23. The van der Waals surface area contributed by atoms with Crippen molar-refractivity contribution in [1.29, 1.82) is 0 Å². The molecule has 3 heterocycles. The number of ether oxygens (including phenoxy) is 1. The Morgan fingerprint density at radius 3 is 2.82 bits per heavy atom. The van der Waals surface area contributed by atoms with Crippen molar-refractivity contribution >= 4 is 0 Å². The molecule has 0 spiro atoms. The molecule has 0 saturated carbocycles. The third kappa shape index (κ3) is 1.59. The normalized spacial score (nSPS) is 18.0. The molecule has 2 aromatic rings. The molecule has 0 atom stereocenters. The first-order chi connectivity index (χ1) is 8.23. The van der Waals surface area contributed by atoms with E-state index in [-0.39, 0.29) is 5.41 Å². The highest BCUT2D eigenvalue weighted by molar-refractivity contribution is 5.51. The van der Waals surface area contributed by atoms with Gasteiger partial charge >= 0.3 is 0 Å². The van der Waals surface area contributed by atoms with E-state index in [4.69, 9.17) is 14.9 Å². The van der Waals surface area contributed by atoms with Crippen molar-refractivity contribution in [2.75, 3.05) is 19.8 Å². The van der Waals surface area contributed by atoms with Crippen molar-refractivity contribution in [2.45, 2.75) is 12.3 Å². The number of nitrogens with two attached hydrogens (primary N) is 1. The maximum absolute atomic E-state index is 5.79. The van der Waals surface area contributed by atoms with Crippen LogP contribution in [0, 0.1) is 6.92 Å². The zero-order valence-electron chi connectivity index (χ0n) is 9.69. The Labute approximate surface area is 99.0 Å². The molecule has 3 rings (SSSR count). The van der Waals surface area contributed by atoms with Crippen LogP contribution in [0.25, 0.3) is 11.5 Å². The van der Waals surface area contributed by atoms with E-state index >= 15 is 0 Å². The average Bonchev–Trinajstić information content (AvgIpc) is 2.86. The van der Waals surface area contributed by atoms with Gasteiger partial charge in [0.1, 0.15) is 17.3 Å². The lowest BCUT2D eigenvalue weighted by atomic mass is 9.85. The summed E-state index contributed by atoms with van der Waals surface area (Å²) in [5.41, 5.74) is 6.53. The summed E-state index contributed by atoms with van der Waals surface area (Å²) in [6, 6.07) is 3.86. The molecule has 3 N–H and O–H groups in total. The van der Waals surface area contributed by atoms with Gasteiger partial charge in [0.15, 0.2) is 5.76 Å². The summed E-state index contributed by atoms with van der Waals surface area (Å²) in [7, 11) is 0. The first-order valence-electron chi connectivity index (χ1n) is 5.64. The van der Waals surface area contributed by atoms with E-state index in [1.54, 1.807) is 6.20 Å². The van der Waals surface area contributed by atoms with Gasteiger partial charge in [-0.1, -0.05) is 0 Å². The zero-order chi connectivity index (χ0) is 11.9. The minimum absolute atomic E-state index is 0.139. The molecule has 5 heteroatoms. The van der Waals surface area contributed by atoms with Gasteiger partial charge in [0, 0.05) is 6.54 Å². The van der Waals surface area contributed by atoms with Gasteiger partial charge in [-0.05, 0) is 19.1 Å². The topological polar surface area (TPSA) is 77.1 Å². The highest BCUT2D eigenvalue weighted by Gasteiger charge is 2.41. The molecule has 0 unspecified atom stereocenters. The van der Waals surface area contributed by atoms with Crippen LogP contribution in [0.3, 0.4) is 0 Å². The minimum Gasteiger partial charge on any atom is -0.460 e. The standard InChI is InChI=1S/C12H15N3O2/c1-8-2-3-10(17-8)9-4-14-11(15-9)12(5-13)6-16-7-12/h2-4H,5-7,13H2,1H3,(H,14,15). The van der Waals surface area contributed by atoms with E-state index in [1.807, 2.05) is 19.1 Å². The van der Waals surface area contributed by atoms with Crippen LogP contribution >= 0.6 is 0 Å². The van der Waals surface area contributed by atoms with Gasteiger partial charge < -0.3 is 19.9 Å². The number of nitrogens with zero attached hydrogens (tertiary/aromatic N) is 1. The number of aryl methyl sites for hydroxylation is 1. The second-order valence-electron chi connectivity index (χ2n) is 4.53. The van der Waals surface area contributed by atoms with Gasteiger partial charge in [0.2, 0.25) is 0 Å². The number of nitrogens with one attached hydrogen (secondary N) is 1. The Balaban J connectivity index is 1.92. The van der Waals surface area contributed by atoms with E-state index in [2.05, 4.69) is 9.97 Å². The highest BCUT2D eigenvalue weighted by atomic mass is 16.5. The monoisotopic (exact) mass is 233 g/mol. The summed E-state index contributed by atoms with van der Waals surface area (Å²) in [6.45, 7) is 3.72. The van der Waals surface area contributed by atoms with Gasteiger partial charge in [-0.15, -0.1) is 0 Å². The number of H-pyrrole nitrogens is 1. The van der Waals surface area contributed by atoms with Gasteiger partial charge in [0.05, 0.1) is 24.8 Å². The highest BCUT2D eigenvalue weighted by Crippen LogP contribution is 2.31. The molecule has 0 aliphatic carbocycles.